The number of carbonyl (C=O) groups is 1. The van der Waals surface area contributed by atoms with Crippen LogP contribution in [0.5, 0.6) is 0 Å². The third kappa shape index (κ3) is 5.39. The summed E-state index contributed by atoms with van der Waals surface area (Å²) in [5, 5.41) is 12.8. The molecule has 1 aromatic carbocycles. The molecule has 0 bridgehead atoms. The Balaban J connectivity index is 2.47. The fourth-order valence-electron chi connectivity index (χ4n) is 1.82. The van der Waals surface area contributed by atoms with Gasteiger partial charge in [-0.25, -0.2) is 0 Å². The van der Waals surface area contributed by atoms with E-state index in [0.29, 0.717) is 29.3 Å². The second-order valence-corrected chi connectivity index (χ2v) is 5.18. The average molecular weight is 304 g/mol. The first-order chi connectivity index (χ1) is 9.08. The van der Waals surface area contributed by atoms with Crippen molar-refractivity contribution in [1.82, 2.24) is 5.32 Å². The number of hydrogen-bond donors (Lipinski definition) is 2. The Morgan fingerprint density at radius 1 is 1.42 bits per heavy atom. The minimum Gasteiger partial charge on any atom is -0.396 e. The smallest absolute Gasteiger partial charge is 0.220 e. The highest BCUT2D eigenvalue weighted by molar-refractivity contribution is 6.42. The molecule has 0 aliphatic carbocycles. The van der Waals surface area contributed by atoms with Crippen molar-refractivity contribution in [1.29, 1.82) is 0 Å². The molecule has 0 fully saturated rings. The lowest BCUT2D eigenvalue weighted by Gasteiger charge is -2.15. The Hall–Kier alpha value is -0.770. The number of aliphatic hydroxyl groups is 1. The molecule has 106 valence electrons. The van der Waals surface area contributed by atoms with Gasteiger partial charge in [0.15, 0.2) is 0 Å². The fraction of sp³-hybridized carbons (Fsp3) is 0.500. The van der Waals surface area contributed by atoms with Crippen LogP contribution in [-0.4, -0.2) is 23.7 Å². The predicted octanol–water partition coefficient (Wildman–Crippen LogP) is 3.20. The molecule has 0 spiro atoms. The van der Waals surface area contributed by atoms with Crippen molar-refractivity contribution in [2.45, 2.75) is 38.6 Å². The SMILES string of the molecule is CCC(CCO)NC(=O)CCc1cccc(Cl)c1Cl. The molecule has 1 rings (SSSR count). The maximum Gasteiger partial charge on any atom is 0.220 e. The van der Waals surface area contributed by atoms with E-state index in [1.165, 1.54) is 0 Å². The third-order valence-corrected chi connectivity index (χ3v) is 3.85. The fourth-order valence-corrected chi connectivity index (χ4v) is 2.24. The van der Waals surface area contributed by atoms with E-state index in [1.54, 1.807) is 6.07 Å². The first-order valence-electron chi connectivity index (χ1n) is 6.41. The van der Waals surface area contributed by atoms with Gasteiger partial charge in [0, 0.05) is 19.1 Å². The zero-order chi connectivity index (χ0) is 14.3. The van der Waals surface area contributed by atoms with Crippen molar-refractivity contribution in [3.63, 3.8) is 0 Å². The van der Waals surface area contributed by atoms with E-state index in [4.69, 9.17) is 28.3 Å². The molecule has 1 aromatic rings. The Kier molecular flexibility index (Phi) is 7.21. The van der Waals surface area contributed by atoms with Crippen molar-refractivity contribution >= 4 is 29.1 Å². The maximum atomic E-state index is 11.8. The minimum absolute atomic E-state index is 0.0312. The number of carbonyl (C=O) groups excluding carboxylic acids is 1. The molecule has 5 heteroatoms. The van der Waals surface area contributed by atoms with Gasteiger partial charge in [0.05, 0.1) is 10.0 Å². The number of halogens is 2. The second-order valence-electron chi connectivity index (χ2n) is 4.40. The molecule has 0 radical (unpaired) electrons. The molecule has 0 saturated heterocycles. The summed E-state index contributed by atoms with van der Waals surface area (Å²) >= 11 is 12.0. The summed E-state index contributed by atoms with van der Waals surface area (Å²) in [7, 11) is 0. The summed E-state index contributed by atoms with van der Waals surface area (Å²) in [6.45, 7) is 2.06. The van der Waals surface area contributed by atoms with Gasteiger partial charge in [-0.05, 0) is 30.9 Å². The quantitative estimate of drug-likeness (QED) is 0.812. The molecular weight excluding hydrogens is 285 g/mol. The van der Waals surface area contributed by atoms with Crippen LogP contribution in [0.4, 0.5) is 0 Å². The van der Waals surface area contributed by atoms with E-state index < -0.39 is 0 Å². The number of aliphatic hydroxyl groups excluding tert-OH is 1. The van der Waals surface area contributed by atoms with Gasteiger partial charge >= 0.3 is 0 Å². The molecule has 1 atom stereocenters. The largest absolute Gasteiger partial charge is 0.396 e. The van der Waals surface area contributed by atoms with Gasteiger partial charge in [0.2, 0.25) is 5.91 Å². The van der Waals surface area contributed by atoms with Gasteiger partial charge in [-0.1, -0.05) is 42.3 Å². The number of rotatable bonds is 7. The molecule has 2 N–H and O–H groups in total. The van der Waals surface area contributed by atoms with E-state index in [2.05, 4.69) is 5.32 Å². The van der Waals surface area contributed by atoms with Crippen LogP contribution in [0.1, 0.15) is 31.7 Å². The second kappa shape index (κ2) is 8.41. The van der Waals surface area contributed by atoms with Crippen molar-refractivity contribution in [3.05, 3.63) is 33.8 Å². The Morgan fingerprint density at radius 2 is 2.16 bits per heavy atom. The molecule has 19 heavy (non-hydrogen) atoms. The molecule has 0 aliphatic heterocycles. The molecule has 0 saturated carbocycles. The summed E-state index contributed by atoms with van der Waals surface area (Å²) in [6, 6.07) is 5.45. The average Bonchev–Trinajstić information content (AvgIpc) is 2.40. The highest BCUT2D eigenvalue weighted by Crippen LogP contribution is 2.26. The summed E-state index contributed by atoms with van der Waals surface area (Å²) in [6.07, 6.45) is 2.31. The lowest BCUT2D eigenvalue weighted by molar-refractivity contribution is -0.121. The molecule has 1 unspecified atom stereocenters. The number of aryl methyl sites for hydroxylation is 1. The summed E-state index contributed by atoms with van der Waals surface area (Å²) in [5.74, 6) is -0.0312. The first-order valence-corrected chi connectivity index (χ1v) is 7.17. The van der Waals surface area contributed by atoms with Crippen LogP contribution < -0.4 is 5.32 Å². The highest BCUT2D eigenvalue weighted by atomic mass is 35.5. The van der Waals surface area contributed by atoms with Crippen LogP contribution in [0.25, 0.3) is 0 Å². The van der Waals surface area contributed by atoms with Crippen LogP contribution in [0, 0.1) is 0 Å². The molecule has 0 aliphatic rings. The van der Waals surface area contributed by atoms with Crippen LogP contribution in [-0.2, 0) is 11.2 Å². The van der Waals surface area contributed by atoms with Gasteiger partial charge < -0.3 is 10.4 Å². The number of hydrogen-bond acceptors (Lipinski definition) is 2. The number of benzene rings is 1. The zero-order valence-corrected chi connectivity index (χ0v) is 12.5. The van der Waals surface area contributed by atoms with Gasteiger partial charge in [-0.3, -0.25) is 4.79 Å². The predicted molar refractivity (Wildman–Crippen MR) is 78.7 cm³/mol. The minimum atomic E-state index is -0.0312. The van der Waals surface area contributed by atoms with Crippen LogP contribution in [0.15, 0.2) is 18.2 Å². The molecule has 0 aromatic heterocycles. The van der Waals surface area contributed by atoms with Crippen molar-refractivity contribution in [3.8, 4) is 0 Å². The lowest BCUT2D eigenvalue weighted by Crippen LogP contribution is -2.35. The van der Waals surface area contributed by atoms with Gasteiger partial charge in [-0.2, -0.15) is 0 Å². The zero-order valence-electron chi connectivity index (χ0n) is 11.0. The van der Waals surface area contributed by atoms with Gasteiger partial charge in [-0.15, -0.1) is 0 Å². The van der Waals surface area contributed by atoms with Crippen molar-refractivity contribution in [2.24, 2.45) is 0 Å². The lowest BCUT2D eigenvalue weighted by atomic mass is 10.1. The van der Waals surface area contributed by atoms with Gasteiger partial charge in [0.1, 0.15) is 0 Å². The molecule has 1 amide bonds. The normalized spacial score (nSPS) is 12.2. The standard InChI is InChI=1S/C14H19Cl2NO2/c1-2-11(8-9-18)17-13(19)7-6-10-4-3-5-12(15)14(10)16/h3-5,11,18H,2,6-9H2,1H3,(H,17,19). The Bertz CT molecular complexity index is 424. The Morgan fingerprint density at radius 3 is 2.79 bits per heavy atom. The number of nitrogens with one attached hydrogen (secondary N) is 1. The number of amides is 1. The van der Waals surface area contributed by atoms with E-state index in [9.17, 15) is 4.79 Å². The third-order valence-electron chi connectivity index (χ3n) is 2.99. The summed E-state index contributed by atoms with van der Waals surface area (Å²) in [5.41, 5.74) is 0.875. The van der Waals surface area contributed by atoms with E-state index in [1.807, 2.05) is 19.1 Å². The van der Waals surface area contributed by atoms with Crippen LogP contribution >= 0.6 is 23.2 Å². The van der Waals surface area contributed by atoms with E-state index >= 15 is 0 Å². The molecular formula is C14H19Cl2NO2. The Labute approximate surface area is 123 Å². The summed E-state index contributed by atoms with van der Waals surface area (Å²) < 4.78 is 0. The molecule has 0 heterocycles. The van der Waals surface area contributed by atoms with Gasteiger partial charge in [0.25, 0.3) is 0 Å². The summed E-state index contributed by atoms with van der Waals surface area (Å²) in [4.78, 5) is 11.8. The molecule has 3 nitrogen and oxygen atoms in total. The monoisotopic (exact) mass is 303 g/mol. The maximum absolute atomic E-state index is 11.8. The van der Waals surface area contributed by atoms with Crippen molar-refractivity contribution < 1.29 is 9.90 Å². The van der Waals surface area contributed by atoms with E-state index in [-0.39, 0.29) is 18.6 Å². The topological polar surface area (TPSA) is 49.3 Å². The first kappa shape index (κ1) is 16.3. The highest BCUT2D eigenvalue weighted by Gasteiger charge is 2.11. The van der Waals surface area contributed by atoms with Crippen molar-refractivity contribution in [2.75, 3.05) is 6.61 Å². The van der Waals surface area contributed by atoms with E-state index in [0.717, 1.165) is 12.0 Å². The van der Waals surface area contributed by atoms with Crippen LogP contribution in [0.2, 0.25) is 10.0 Å². The van der Waals surface area contributed by atoms with Crippen LogP contribution in [0.3, 0.4) is 0 Å².